The Labute approximate surface area is 138 Å². The average molecular weight is 326 g/mol. The van der Waals surface area contributed by atoms with Gasteiger partial charge in [-0.15, -0.1) is 0 Å². The Bertz CT molecular complexity index is 717. The van der Waals surface area contributed by atoms with Gasteiger partial charge in [0.1, 0.15) is 6.10 Å². The van der Waals surface area contributed by atoms with Crippen molar-refractivity contribution in [3.63, 3.8) is 0 Å². The summed E-state index contributed by atoms with van der Waals surface area (Å²) in [6, 6.07) is 15.7. The first-order valence-corrected chi connectivity index (χ1v) is 11.4. The molecule has 1 aliphatic rings. The van der Waals surface area contributed by atoms with Crippen molar-refractivity contribution in [3.8, 4) is 11.5 Å². The van der Waals surface area contributed by atoms with E-state index in [0.29, 0.717) is 5.75 Å². The van der Waals surface area contributed by atoms with E-state index in [1.165, 1.54) is 0 Å². The first kappa shape index (κ1) is 15.8. The second-order valence-corrected chi connectivity index (χ2v) is 11.9. The van der Waals surface area contributed by atoms with E-state index in [4.69, 9.17) is 9.47 Å². The zero-order valence-corrected chi connectivity index (χ0v) is 14.7. The van der Waals surface area contributed by atoms with Crippen LogP contribution in [0.3, 0.4) is 0 Å². The summed E-state index contributed by atoms with van der Waals surface area (Å²) in [5, 5.41) is 11.0. The van der Waals surface area contributed by atoms with Crippen molar-refractivity contribution in [2.45, 2.75) is 25.7 Å². The number of aliphatic hydroxyl groups excluding tert-OH is 1. The molecule has 1 atom stereocenters. The molecule has 23 heavy (non-hydrogen) atoms. The predicted molar refractivity (Wildman–Crippen MR) is 95.3 cm³/mol. The third-order valence-electron chi connectivity index (χ3n) is 3.70. The molecule has 0 aromatic heterocycles. The van der Waals surface area contributed by atoms with Gasteiger partial charge >= 0.3 is 0 Å². The van der Waals surface area contributed by atoms with Gasteiger partial charge in [0.15, 0.2) is 11.5 Å². The molecule has 1 unspecified atom stereocenters. The predicted octanol–water partition coefficient (Wildman–Crippen LogP) is 4.41. The van der Waals surface area contributed by atoms with Crippen LogP contribution in [0.15, 0.2) is 54.2 Å². The van der Waals surface area contributed by atoms with Crippen LogP contribution in [0.1, 0.15) is 17.2 Å². The summed E-state index contributed by atoms with van der Waals surface area (Å²) in [7, 11) is -1.50. The number of hydrogen-bond donors (Lipinski definition) is 1. The lowest BCUT2D eigenvalue weighted by molar-refractivity contribution is 0.173. The third-order valence-corrected chi connectivity index (χ3v) is 4.88. The van der Waals surface area contributed by atoms with Crippen molar-refractivity contribution < 1.29 is 14.6 Å². The van der Waals surface area contributed by atoms with Gasteiger partial charge in [-0.1, -0.05) is 61.7 Å². The minimum Gasteiger partial charge on any atom is -0.454 e. The Balaban J connectivity index is 2.01. The summed E-state index contributed by atoms with van der Waals surface area (Å²) >= 11 is 0. The maximum atomic E-state index is 11.0. The first-order valence-electron chi connectivity index (χ1n) is 7.80. The van der Waals surface area contributed by atoms with Gasteiger partial charge in [-0.3, -0.25) is 0 Å². The van der Waals surface area contributed by atoms with Crippen LogP contribution in [0, 0.1) is 0 Å². The molecule has 1 aliphatic heterocycles. The molecular weight excluding hydrogens is 304 g/mol. The lowest BCUT2D eigenvalue weighted by atomic mass is 9.96. The van der Waals surface area contributed by atoms with Gasteiger partial charge < -0.3 is 14.6 Å². The summed E-state index contributed by atoms with van der Waals surface area (Å²) < 4.78 is 10.8. The Morgan fingerprint density at radius 3 is 2.43 bits per heavy atom. The fraction of sp³-hybridized carbons (Fsp3) is 0.263. The van der Waals surface area contributed by atoms with Crippen molar-refractivity contribution in [2.24, 2.45) is 0 Å². The van der Waals surface area contributed by atoms with Gasteiger partial charge in [-0.05, 0) is 28.8 Å². The van der Waals surface area contributed by atoms with Crippen molar-refractivity contribution >= 4 is 13.6 Å². The number of aliphatic hydroxyl groups is 1. The van der Waals surface area contributed by atoms with E-state index < -0.39 is 14.2 Å². The lowest BCUT2D eigenvalue weighted by Crippen LogP contribution is -2.18. The fourth-order valence-electron chi connectivity index (χ4n) is 2.68. The second-order valence-electron chi connectivity index (χ2n) is 6.85. The molecule has 0 fully saturated rings. The highest BCUT2D eigenvalue weighted by Gasteiger charge is 2.22. The van der Waals surface area contributed by atoms with Gasteiger partial charge in [-0.2, -0.15) is 0 Å². The van der Waals surface area contributed by atoms with Crippen LogP contribution in [0.5, 0.6) is 11.5 Å². The second kappa shape index (κ2) is 6.22. The van der Waals surface area contributed by atoms with Gasteiger partial charge in [0.05, 0.1) is 8.07 Å². The normalized spacial score (nSPS) is 15.6. The van der Waals surface area contributed by atoms with Crippen molar-refractivity contribution in [1.29, 1.82) is 0 Å². The Kier molecular flexibility index (Phi) is 4.28. The monoisotopic (exact) mass is 326 g/mol. The van der Waals surface area contributed by atoms with Gasteiger partial charge in [0, 0.05) is 0 Å². The van der Waals surface area contributed by atoms with Crippen LogP contribution in [-0.2, 0) is 0 Å². The molecule has 0 bridgehead atoms. The molecule has 4 heteroatoms. The summed E-state index contributed by atoms with van der Waals surface area (Å²) in [6.45, 7) is 7.04. The van der Waals surface area contributed by atoms with Crippen LogP contribution >= 0.6 is 0 Å². The third kappa shape index (κ3) is 3.66. The van der Waals surface area contributed by atoms with E-state index in [2.05, 4.69) is 25.3 Å². The molecule has 1 heterocycles. The standard InChI is InChI=1S/C19H22O3Si/c1-23(2,3)12-16(14-7-5-4-6-8-14)19(20)15-9-10-17-18(11-15)22-13-21-17/h4-12,19-20H,13H2,1-3H3/b16-12+. The quantitative estimate of drug-likeness (QED) is 0.846. The van der Waals surface area contributed by atoms with E-state index in [9.17, 15) is 5.11 Å². The molecule has 3 rings (SSSR count). The number of benzene rings is 2. The summed E-state index contributed by atoms with van der Waals surface area (Å²) in [6.07, 6.45) is -0.682. The molecule has 120 valence electrons. The zero-order valence-electron chi connectivity index (χ0n) is 13.7. The molecule has 0 spiro atoms. The summed E-state index contributed by atoms with van der Waals surface area (Å²) in [5.74, 6) is 1.43. The largest absolute Gasteiger partial charge is 0.454 e. The molecule has 2 aromatic carbocycles. The Morgan fingerprint density at radius 2 is 1.74 bits per heavy atom. The Morgan fingerprint density at radius 1 is 1.04 bits per heavy atom. The highest BCUT2D eigenvalue weighted by Crippen LogP contribution is 2.38. The molecule has 0 saturated heterocycles. The average Bonchev–Trinajstić information content (AvgIpc) is 2.99. The highest BCUT2D eigenvalue weighted by atomic mass is 28.3. The highest BCUT2D eigenvalue weighted by molar-refractivity contribution is 6.81. The van der Waals surface area contributed by atoms with Crippen LogP contribution in [-0.4, -0.2) is 20.0 Å². The number of fused-ring (bicyclic) bond motifs is 1. The van der Waals surface area contributed by atoms with Gasteiger partial charge in [0.2, 0.25) is 6.79 Å². The van der Waals surface area contributed by atoms with E-state index in [1.807, 2.05) is 48.5 Å². The molecule has 2 aromatic rings. The zero-order chi connectivity index (χ0) is 16.4. The number of ether oxygens (including phenoxy) is 2. The Hall–Kier alpha value is -2.04. The molecule has 0 radical (unpaired) electrons. The van der Waals surface area contributed by atoms with Gasteiger partial charge in [-0.25, -0.2) is 0 Å². The van der Waals surface area contributed by atoms with Crippen LogP contribution in [0.4, 0.5) is 0 Å². The fourth-order valence-corrected chi connectivity index (χ4v) is 3.94. The minimum absolute atomic E-state index is 0.241. The van der Waals surface area contributed by atoms with E-state index in [0.717, 1.165) is 22.4 Å². The topological polar surface area (TPSA) is 38.7 Å². The van der Waals surface area contributed by atoms with E-state index in [1.54, 1.807) is 0 Å². The van der Waals surface area contributed by atoms with Gasteiger partial charge in [0.25, 0.3) is 0 Å². The maximum absolute atomic E-state index is 11.0. The number of hydrogen-bond acceptors (Lipinski definition) is 3. The van der Waals surface area contributed by atoms with E-state index in [-0.39, 0.29) is 6.79 Å². The molecule has 0 saturated carbocycles. The molecular formula is C19H22O3Si. The number of rotatable bonds is 4. The van der Waals surface area contributed by atoms with Crippen molar-refractivity contribution in [3.05, 3.63) is 65.4 Å². The minimum atomic E-state index is -1.50. The van der Waals surface area contributed by atoms with Crippen LogP contribution in [0.2, 0.25) is 19.6 Å². The van der Waals surface area contributed by atoms with Crippen LogP contribution < -0.4 is 9.47 Å². The summed E-state index contributed by atoms with van der Waals surface area (Å²) in [4.78, 5) is 0. The smallest absolute Gasteiger partial charge is 0.231 e. The molecule has 0 amide bonds. The lowest BCUT2D eigenvalue weighted by Gasteiger charge is -2.20. The molecule has 1 N–H and O–H groups in total. The van der Waals surface area contributed by atoms with Crippen molar-refractivity contribution in [1.82, 2.24) is 0 Å². The molecule has 0 aliphatic carbocycles. The molecule has 3 nitrogen and oxygen atoms in total. The summed E-state index contributed by atoms with van der Waals surface area (Å²) in [5.41, 5.74) is 5.10. The van der Waals surface area contributed by atoms with Crippen molar-refractivity contribution in [2.75, 3.05) is 6.79 Å². The van der Waals surface area contributed by atoms with E-state index >= 15 is 0 Å². The first-order chi connectivity index (χ1) is 10.9. The SMILES string of the molecule is C[Si](C)(C)/C=C(\c1ccccc1)C(O)c1ccc2c(c1)OCO2. The van der Waals surface area contributed by atoms with Crippen LogP contribution in [0.25, 0.3) is 5.57 Å². The maximum Gasteiger partial charge on any atom is 0.231 e.